The molecule has 0 spiro atoms. The zero-order valence-electron chi connectivity index (χ0n) is 13.8. The Morgan fingerprint density at radius 3 is 2.54 bits per heavy atom. The van der Waals surface area contributed by atoms with Crippen molar-refractivity contribution in [2.45, 2.75) is 24.0 Å². The van der Waals surface area contributed by atoms with E-state index < -0.39 is 4.87 Å². The van der Waals surface area contributed by atoms with Crippen LogP contribution in [0.3, 0.4) is 0 Å². The minimum absolute atomic E-state index is 0.00803. The van der Waals surface area contributed by atoms with Gasteiger partial charge in [0.05, 0.1) is 15.5 Å². The summed E-state index contributed by atoms with van der Waals surface area (Å²) in [6.45, 7) is 3.90. The number of benzene rings is 2. The largest absolute Gasteiger partial charge is 0.273 e. The van der Waals surface area contributed by atoms with Crippen molar-refractivity contribution in [3.05, 3.63) is 57.0 Å². The van der Waals surface area contributed by atoms with Gasteiger partial charge in [-0.2, -0.15) is 0 Å². The third-order valence-corrected chi connectivity index (χ3v) is 7.57. The predicted molar refractivity (Wildman–Crippen MR) is 113 cm³/mol. The number of halogens is 3. The number of nitrogens with zero attached hydrogens (tertiary/aromatic N) is 2. The molecule has 134 valence electrons. The molecule has 3 nitrogen and oxygen atoms in total. The number of rotatable bonds is 2. The SMILES string of the molecule is CC1SC(C)(c2ccc(Cl)cc2Cl)N(c2nc3ccc(Cl)cc3s2)C1=O. The van der Waals surface area contributed by atoms with E-state index in [0.29, 0.717) is 20.2 Å². The summed E-state index contributed by atoms with van der Waals surface area (Å²) in [7, 11) is 0. The standard InChI is InChI=1S/C18H13Cl3N2OS2/c1-9-16(24)23(17-22-14-6-4-11(20)8-15(14)25-17)18(2,26-9)12-5-3-10(19)7-13(12)21/h3-9H,1-2H3. The maximum Gasteiger partial charge on any atom is 0.243 e. The Bertz CT molecular complexity index is 1040. The number of carbonyl (C=O) groups excluding carboxylic acids is 1. The smallest absolute Gasteiger partial charge is 0.243 e. The Hall–Kier alpha value is -0.980. The molecule has 2 aromatic carbocycles. The van der Waals surface area contributed by atoms with Gasteiger partial charge in [-0.05, 0) is 44.2 Å². The monoisotopic (exact) mass is 442 g/mol. The molecule has 1 aliphatic rings. The summed E-state index contributed by atoms with van der Waals surface area (Å²) in [5.74, 6) is 0.00803. The first-order valence-corrected chi connectivity index (χ1v) is 10.7. The maximum absolute atomic E-state index is 13.0. The molecule has 2 atom stereocenters. The molecule has 0 aliphatic carbocycles. The van der Waals surface area contributed by atoms with Crippen LogP contribution in [-0.2, 0) is 9.67 Å². The van der Waals surface area contributed by atoms with Crippen LogP contribution >= 0.6 is 57.9 Å². The van der Waals surface area contributed by atoms with E-state index in [-0.39, 0.29) is 11.2 Å². The zero-order chi connectivity index (χ0) is 18.6. The number of thioether (sulfide) groups is 1. The second-order valence-corrected chi connectivity index (χ2v) is 10.2. The Morgan fingerprint density at radius 2 is 1.81 bits per heavy atom. The van der Waals surface area contributed by atoms with Crippen molar-refractivity contribution >= 4 is 79.2 Å². The minimum atomic E-state index is -0.671. The number of amides is 1. The number of fused-ring (bicyclic) bond motifs is 1. The van der Waals surface area contributed by atoms with Crippen LogP contribution in [0.2, 0.25) is 15.1 Å². The van der Waals surface area contributed by atoms with Crippen LogP contribution in [0.15, 0.2) is 36.4 Å². The molecule has 1 fully saturated rings. The second-order valence-electron chi connectivity index (χ2n) is 6.15. The Balaban J connectivity index is 1.89. The number of carbonyl (C=O) groups is 1. The molecule has 4 rings (SSSR count). The van der Waals surface area contributed by atoms with Crippen LogP contribution < -0.4 is 4.90 Å². The first-order valence-electron chi connectivity index (χ1n) is 7.83. The normalized spacial score (nSPS) is 23.2. The summed E-state index contributed by atoms with van der Waals surface area (Å²) in [6, 6.07) is 10.9. The van der Waals surface area contributed by atoms with Crippen LogP contribution in [-0.4, -0.2) is 16.1 Å². The number of aromatic nitrogens is 1. The summed E-state index contributed by atoms with van der Waals surface area (Å²) in [6.07, 6.45) is 0. The van der Waals surface area contributed by atoms with Gasteiger partial charge in [-0.15, -0.1) is 11.8 Å². The molecule has 1 saturated heterocycles. The van der Waals surface area contributed by atoms with Gasteiger partial charge in [-0.1, -0.05) is 52.2 Å². The molecule has 3 aromatic rings. The van der Waals surface area contributed by atoms with Crippen LogP contribution in [0.5, 0.6) is 0 Å². The van der Waals surface area contributed by atoms with Crippen LogP contribution in [0, 0.1) is 0 Å². The van der Waals surface area contributed by atoms with Gasteiger partial charge in [-0.3, -0.25) is 9.69 Å². The van der Waals surface area contributed by atoms with Gasteiger partial charge in [0.25, 0.3) is 0 Å². The van der Waals surface area contributed by atoms with Crippen LogP contribution in [0.1, 0.15) is 19.4 Å². The first kappa shape index (κ1) is 18.4. The fourth-order valence-corrected chi connectivity index (χ4v) is 6.68. The highest BCUT2D eigenvalue weighted by molar-refractivity contribution is 8.02. The fourth-order valence-electron chi connectivity index (χ4n) is 3.15. The number of thiazole rings is 1. The Morgan fingerprint density at radius 1 is 1.12 bits per heavy atom. The van der Waals surface area contributed by atoms with Gasteiger partial charge < -0.3 is 0 Å². The lowest BCUT2D eigenvalue weighted by Crippen LogP contribution is -2.40. The van der Waals surface area contributed by atoms with Gasteiger partial charge in [-0.25, -0.2) is 4.98 Å². The number of hydrogen-bond acceptors (Lipinski definition) is 4. The first-order chi connectivity index (χ1) is 12.3. The summed E-state index contributed by atoms with van der Waals surface area (Å²) in [4.78, 5) is 18.7. The van der Waals surface area contributed by atoms with Crippen molar-refractivity contribution in [3.8, 4) is 0 Å². The average Bonchev–Trinajstić information content (AvgIpc) is 3.05. The molecule has 1 amide bonds. The van der Waals surface area contributed by atoms with Gasteiger partial charge in [0.15, 0.2) is 5.13 Å². The fraction of sp³-hybridized carbons (Fsp3) is 0.222. The van der Waals surface area contributed by atoms with Gasteiger partial charge in [0.1, 0.15) is 4.87 Å². The highest BCUT2D eigenvalue weighted by atomic mass is 35.5. The summed E-state index contributed by atoms with van der Waals surface area (Å²) in [5, 5.41) is 2.17. The van der Waals surface area contributed by atoms with Gasteiger partial charge in [0, 0.05) is 20.6 Å². The Kier molecular flexibility index (Phi) is 4.65. The van der Waals surface area contributed by atoms with E-state index in [1.165, 1.54) is 11.3 Å². The molecule has 8 heteroatoms. The molecule has 0 radical (unpaired) electrons. The van der Waals surface area contributed by atoms with E-state index in [9.17, 15) is 4.79 Å². The second kappa shape index (κ2) is 6.57. The number of hydrogen-bond donors (Lipinski definition) is 0. The average molecular weight is 444 g/mol. The van der Waals surface area contributed by atoms with Crippen molar-refractivity contribution in [2.75, 3.05) is 4.90 Å². The lowest BCUT2D eigenvalue weighted by atomic mass is 10.1. The number of anilines is 1. The molecular formula is C18H13Cl3N2OS2. The molecule has 26 heavy (non-hydrogen) atoms. The third kappa shape index (κ3) is 2.90. The zero-order valence-corrected chi connectivity index (χ0v) is 17.7. The van der Waals surface area contributed by atoms with Crippen molar-refractivity contribution in [2.24, 2.45) is 0 Å². The maximum atomic E-state index is 13.0. The van der Waals surface area contributed by atoms with Gasteiger partial charge in [0.2, 0.25) is 5.91 Å². The molecule has 2 heterocycles. The van der Waals surface area contributed by atoms with Crippen LogP contribution in [0.25, 0.3) is 10.2 Å². The molecular weight excluding hydrogens is 431 g/mol. The molecule has 0 N–H and O–H groups in total. The van der Waals surface area contributed by atoms with Crippen molar-refractivity contribution in [1.82, 2.24) is 4.98 Å². The summed E-state index contributed by atoms with van der Waals surface area (Å²) >= 11 is 21.6. The molecule has 1 aromatic heterocycles. The highest BCUT2D eigenvalue weighted by Gasteiger charge is 2.50. The molecule has 0 bridgehead atoms. The summed E-state index contributed by atoms with van der Waals surface area (Å²) in [5.41, 5.74) is 1.65. The molecule has 1 aliphatic heterocycles. The van der Waals surface area contributed by atoms with E-state index in [0.717, 1.165) is 15.8 Å². The van der Waals surface area contributed by atoms with E-state index >= 15 is 0 Å². The van der Waals surface area contributed by atoms with E-state index in [1.807, 2.05) is 32.0 Å². The predicted octanol–water partition coefficient (Wildman–Crippen LogP) is 6.60. The van der Waals surface area contributed by atoms with Crippen molar-refractivity contribution in [3.63, 3.8) is 0 Å². The minimum Gasteiger partial charge on any atom is -0.273 e. The highest BCUT2D eigenvalue weighted by Crippen LogP contribution is 2.53. The van der Waals surface area contributed by atoms with E-state index in [1.54, 1.807) is 34.9 Å². The van der Waals surface area contributed by atoms with E-state index in [2.05, 4.69) is 4.98 Å². The Labute approximate surface area is 174 Å². The topological polar surface area (TPSA) is 33.2 Å². The van der Waals surface area contributed by atoms with Gasteiger partial charge >= 0.3 is 0 Å². The quantitative estimate of drug-likeness (QED) is 0.447. The van der Waals surface area contributed by atoms with Crippen LogP contribution in [0.4, 0.5) is 5.13 Å². The van der Waals surface area contributed by atoms with Crippen molar-refractivity contribution < 1.29 is 4.79 Å². The molecule has 0 saturated carbocycles. The molecule has 2 unspecified atom stereocenters. The summed E-state index contributed by atoms with van der Waals surface area (Å²) < 4.78 is 0.939. The lowest BCUT2D eigenvalue weighted by molar-refractivity contribution is -0.117. The third-order valence-electron chi connectivity index (χ3n) is 4.36. The van der Waals surface area contributed by atoms with E-state index in [4.69, 9.17) is 34.8 Å². The van der Waals surface area contributed by atoms with Crippen molar-refractivity contribution in [1.29, 1.82) is 0 Å². The lowest BCUT2D eigenvalue weighted by Gasteiger charge is -2.33.